The van der Waals surface area contributed by atoms with Crippen LogP contribution in [0.1, 0.15) is 0 Å². The first-order chi connectivity index (χ1) is 16.7. The summed E-state index contributed by atoms with van der Waals surface area (Å²) in [6, 6.07) is 42.9. The molecule has 3 nitrogen and oxygen atoms in total. The molecule has 0 aromatic heterocycles. The fraction of sp³-hybridized carbons (Fsp3) is 0. The van der Waals surface area contributed by atoms with E-state index in [1.807, 2.05) is 42.5 Å². The topological polar surface area (TPSA) is 49.7 Å². The van der Waals surface area contributed by atoms with Crippen molar-refractivity contribution in [3.8, 4) is 16.9 Å². The van der Waals surface area contributed by atoms with Gasteiger partial charge in [-0.1, -0.05) is 109 Å². The summed E-state index contributed by atoms with van der Waals surface area (Å²) in [6.07, 6.45) is 0. The molecule has 0 spiro atoms. The van der Waals surface area contributed by atoms with Gasteiger partial charge in [-0.25, -0.2) is 0 Å². The van der Waals surface area contributed by atoms with E-state index in [-0.39, 0.29) is 9.90 Å². The molecule has 6 aromatic rings. The molecular formula is C30H26BO3P. The lowest BCUT2D eigenvalue weighted by Gasteiger charge is -2.12. The van der Waals surface area contributed by atoms with Gasteiger partial charge in [0.15, 0.2) is 0 Å². The molecule has 0 saturated heterocycles. The van der Waals surface area contributed by atoms with Crippen LogP contribution in [0.4, 0.5) is 0 Å². The smallest absolute Gasteiger partial charge is 0.511 e. The van der Waals surface area contributed by atoms with Crippen molar-refractivity contribution < 1.29 is 14.7 Å². The van der Waals surface area contributed by atoms with Crippen LogP contribution in [0.25, 0.3) is 43.4 Å². The Kier molecular flexibility index (Phi) is 7.79. The lowest BCUT2D eigenvalue weighted by atomic mass is 9.97. The molecule has 0 aliphatic carbocycles. The minimum Gasteiger partial charge on any atom is -0.511 e. The average Bonchev–Trinajstić information content (AvgIpc) is 2.88. The van der Waals surface area contributed by atoms with Crippen LogP contribution in [0, 0.1) is 0 Å². The summed E-state index contributed by atoms with van der Waals surface area (Å²) in [5.41, 5.74) is 2.55. The number of rotatable bonds is 3. The second-order valence-corrected chi connectivity index (χ2v) is 8.02. The molecule has 35 heavy (non-hydrogen) atoms. The third kappa shape index (κ3) is 5.53. The molecule has 2 N–H and O–H groups in total. The Balaban J connectivity index is 0.000000189. The first kappa shape index (κ1) is 24.4. The van der Waals surface area contributed by atoms with Gasteiger partial charge in [-0.3, -0.25) is 0 Å². The van der Waals surface area contributed by atoms with Crippen molar-refractivity contribution in [2.45, 2.75) is 0 Å². The van der Waals surface area contributed by atoms with E-state index in [1.54, 1.807) is 6.07 Å². The summed E-state index contributed by atoms with van der Waals surface area (Å²) < 4.78 is 5.16. The van der Waals surface area contributed by atoms with Crippen LogP contribution in [0.5, 0.6) is 5.75 Å². The minimum absolute atomic E-state index is 0. The van der Waals surface area contributed by atoms with Crippen molar-refractivity contribution in [1.82, 2.24) is 0 Å². The Bertz CT molecular complexity index is 1520. The fourth-order valence-electron chi connectivity index (χ4n) is 4.24. The monoisotopic (exact) mass is 476 g/mol. The number of hydrogen-bond acceptors (Lipinski definition) is 3. The Morgan fingerprint density at radius 1 is 0.486 bits per heavy atom. The standard InChI is InChI=1S/C18H13BO3.C12H10.H3P/c20-19(21)22-17-7-3-6-12-8-9-15-10-13-4-1-2-5-14(13)11-16(15)18(12)17;1-3-7-11(8-4-1)12-9-5-2-6-10-12;/h1-11,20-21H;1-10H;1H3. The molecule has 0 aliphatic rings. The Hall–Kier alpha value is -3.69. The zero-order chi connectivity index (χ0) is 23.3. The maximum Gasteiger partial charge on any atom is 0.707 e. The van der Waals surface area contributed by atoms with Gasteiger partial charge in [0, 0.05) is 5.39 Å². The van der Waals surface area contributed by atoms with E-state index in [0.717, 1.165) is 26.9 Å². The first-order valence-electron chi connectivity index (χ1n) is 11.2. The van der Waals surface area contributed by atoms with Gasteiger partial charge in [0.25, 0.3) is 0 Å². The van der Waals surface area contributed by atoms with Crippen molar-refractivity contribution in [1.29, 1.82) is 0 Å². The third-order valence-electron chi connectivity index (χ3n) is 5.80. The molecule has 5 heteroatoms. The predicted molar refractivity (Wildman–Crippen MR) is 153 cm³/mol. The normalized spacial score (nSPS) is 10.3. The van der Waals surface area contributed by atoms with Crippen molar-refractivity contribution in [2.24, 2.45) is 0 Å². The molecule has 6 aromatic carbocycles. The summed E-state index contributed by atoms with van der Waals surface area (Å²) in [5.74, 6) is 0.466. The second kappa shape index (κ2) is 11.2. The third-order valence-corrected chi connectivity index (χ3v) is 5.80. The second-order valence-electron chi connectivity index (χ2n) is 8.02. The summed E-state index contributed by atoms with van der Waals surface area (Å²) in [4.78, 5) is 0. The zero-order valence-corrected chi connectivity index (χ0v) is 20.6. The van der Waals surface area contributed by atoms with Crippen LogP contribution in [-0.4, -0.2) is 17.4 Å². The van der Waals surface area contributed by atoms with Crippen molar-refractivity contribution in [2.75, 3.05) is 0 Å². The summed E-state index contributed by atoms with van der Waals surface area (Å²) in [7, 11) is -1.83. The molecule has 0 saturated carbocycles. The van der Waals surface area contributed by atoms with Gasteiger partial charge >= 0.3 is 7.32 Å². The lowest BCUT2D eigenvalue weighted by molar-refractivity contribution is 0.289. The fourth-order valence-corrected chi connectivity index (χ4v) is 4.24. The Morgan fingerprint density at radius 2 is 1.00 bits per heavy atom. The van der Waals surface area contributed by atoms with Crippen molar-refractivity contribution >= 4 is 49.5 Å². The highest BCUT2D eigenvalue weighted by molar-refractivity contribution is 6.92. The quantitative estimate of drug-likeness (QED) is 0.126. The van der Waals surface area contributed by atoms with E-state index in [0.29, 0.717) is 5.75 Å². The van der Waals surface area contributed by atoms with E-state index >= 15 is 0 Å². The predicted octanol–water partition coefficient (Wildman–Crippen LogP) is 6.91. The molecule has 0 bridgehead atoms. The van der Waals surface area contributed by atoms with Crippen molar-refractivity contribution in [3.05, 3.63) is 127 Å². The van der Waals surface area contributed by atoms with E-state index in [4.69, 9.17) is 14.7 Å². The van der Waals surface area contributed by atoms with Gasteiger partial charge in [-0.2, -0.15) is 9.90 Å². The Labute approximate surface area is 208 Å². The summed E-state index contributed by atoms with van der Waals surface area (Å²) >= 11 is 0. The molecule has 0 heterocycles. The molecule has 0 amide bonds. The van der Waals surface area contributed by atoms with Gasteiger partial charge in [0.1, 0.15) is 5.75 Å². The van der Waals surface area contributed by atoms with Gasteiger partial charge in [-0.05, 0) is 56.3 Å². The molecule has 6 rings (SSSR count). The van der Waals surface area contributed by atoms with Crippen LogP contribution in [0.15, 0.2) is 127 Å². The number of benzene rings is 6. The molecule has 0 aliphatic heterocycles. The highest BCUT2D eigenvalue weighted by Gasteiger charge is 2.15. The van der Waals surface area contributed by atoms with Crippen LogP contribution < -0.4 is 4.65 Å². The van der Waals surface area contributed by atoms with Gasteiger partial charge in [-0.15, -0.1) is 0 Å². The average molecular weight is 476 g/mol. The Morgan fingerprint density at radius 3 is 1.60 bits per heavy atom. The van der Waals surface area contributed by atoms with Crippen LogP contribution in [-0.2, 0) is 0 Å². The number of fused-ring (bicyclic) bond motifs is 4. The molecule has 1 atom stereocenters. The van der Waals surface area contributed by atoms with E-state index < -0.39 is 7.32 Å². The highest BCUT2D eigenvalue weighted by atomic mass is 31.0. The largest absolute Gasteiger partial charge is 0.707 e. The van der Waals surface area contributed by atoms with Gasteiger partial charge in [0.2, 0.25) is 0 Å². The summed E-state index contributed by atoms with van der Waals surface area (Å²) in [6.45, 7) is 0. The first-order valence-corrected chi connectivity index (χ1v) is 11.2. The molecular weight excluding hydrogens is 450 g/mol. The van der Waals surface area contributed by atoms with Crippen LogP contribution >= 0.6 is 9.90 Å². The lowest BCUT2D eigenvalue weighted by Crippen LogP contribution is -2.20. The maximum atomic E-state index is 9.14. The minimum atomic E-state index is -1.83. The zero-order valence-electron chi connectivity index (χ0n) is 19.2. The van der Waals surface area contributed by atoms with Crippen LogP contribution in [0.3, 0.4) is 0 Å². The summed E-state index contributed by atoms with van der Waals surface area (Å²) in [5, 5.41) is 24.6. The van der Waals surface area contributed by atoms with Gasteiger partial charge in [0.05, 0.1) is 0 Å². The highest BCUT2D eigenvalue weighted by Crippen LogP contribution is 2.35. The van der Waals surface area contributed by atoms with E-state index in [1.165, 1.54) is 16.5 Å². The van der Waals surface area contributed by atoms with E-state index in [2.05, 4.69) is 78.9 Å². The van der Waals surface area contributed by atoms with E-state index in [9.17, 15) is 0 Å². The van der Waals surface area contributed by atoms with Crippen LogP contribution in [0.2, 0.25) is 0 Å². The van der Waals surface area contributed by atoms with Crippen molar-refractivity contribution in [3.63, 3.8) is 0 Å². The maximum absolute atomic E-state index is 9.14. The molecule has 172 valence electrons. The number of hydrogen-bond donors (Lipinski definition) is 2. The molecule has 1 unspecified atom stereocenters. The molecule has 0 fully saturated rings. The molecule has 0 radical (unpaired) electrons. The van der Waals surface area contributed by atoms with Gasteiger partial charge < -0.3 is 14.7 Å². The SMILES string of the molecule is OB(O)Oc1cccc2ccc3cc4ccccc4cc3c12.P.c1ccc(-c2ccccc2)cc1.